The average molecular weight is 332 g/mol. The molecule has 0 spiro atoms. The predicted molar refractivity (Wildman–Crippen MR) is 81.5 cm³/mol. The number of hydrogen-bond acceptors (Lipinski definition) is 4. The molecule has 0 bridgehead atoms. The maximum absolute atomic E-state index is 11.9. The largest absolute Gasteiger partial charge is 0.482 e. The van der Waals surface area contributed by atoms with Gasteiger partial charge in [0.25, 0.3) is 5.91 Å². The van der Waals surface area contributed by atoms with Crippen molar-refractivity contribution >= 4 is 27.3 Å². The number of nitrogens with one attached hydrogen (secondary N) is 1. The van der Waals surface area contributed by atoms with Gasteiger partial charge in [0.15, 0.2) is 16.4 Å². The molecular formula is C14H18ClNO4S. The molecule has 1 fully saturated rings. The van der Waals surface area contributed by atoms with Crippen molar-refractivity contribution in [1.82, 2.24) is 5.32 Å². The van der Waals surface area contributed by atoms with Gasteiger partial charge >= 0.3 is 0 Å². The molecule has 1 saturated heterocycles. The summed E-state index contributed by atoms with van der Waals surface area (Å²) < 4.78 is 28.4. The summed E-state index contributed by atoms with van der Waals surface area (Å²) in [6.45, 7) is 3.43. The Labute approximate surface area is 129 Å². The fraction of sp³-hybridized carbons (Fsp3) is 0.500. The normalized spacial score (nSPS) is 23.8. The van der Waals surface area contributed by atoms with Gasteiger partial charge < -0.3 is 10.1 Å². The maximum Gasteiger partial charge on any atom is 0.258 e. The van der Waals surface area contributed by atoms with Crippen molar-refractivity contribution in [3.63, 3.8) is 0 Å². The standard InChI is InChI=1S/C14H18ClNO4S/c1-10-3-4-11(15)12(7-10)20-8-13(17)16-14(2)5-6-21(18,19)9-14/h3-4,7H,5-6,8-9H2,1-2H3,(H,16,17). The van der Waals surface area contributed by atoms with Crippen molar-refractivity contribution in [1.29, 1.82) is 0 Å². The van der Waals surface area contributed by atoms with E-state index in [0.29, 0.717) is 17.2 Å². The summed E-state index contributed by atoms with van der Waals surface area (Å²) in [5.74, 6) is 0.161. The van der Waals surface area contributed by atoms with Gasteiger partial charge in [-0.05, 0) is 38.0 Å². The SMILES string of the molecule is Cc1ccc(Cl)c(OCC(=O)NC2(C)CCS(=O)(=O)C2)c1. The smallest absolute Gasteiger partial charge is 0.258 e. The van der Waals surface area contributed by atoms with Crippen molar-refractivity contribution in [2.24, 2.45) is 0 Å². The van der Waals surface area contributed by atoms with Crippen LogP contribution >= 0.6 is 11.6 Å². The zero-order chi connectivity index (χ0) is 15.7. The van der Waals surface area contributed by atoms with Gasteiger partial charge in [-0.3, -0.25) is 4.79 Å². The number of sulfone groups is 1. The van der Waals surface area contributed by atoms with Crippen LogP contribution in [-0.4, -0.2) is 38.0 Å². The molecule has 0 radical (unpaired) electrons. The monoisotopic (exact) mass is 331 g/mol. The summed E-state index contributed by atoms with van der Waals surface area (Å²) in [6.07, 6.45) is 0.423. The fourth-order valence-electron chi connectivity index (χ4n) is 2.35. The first kappa shape index (κ1) is 16.1. The second-order valence-electron chi connectivity index (χ2n) is 5.67. The number of benzene rings is 1. The van der Waals surface area contributed by atoms with Crippen LogP contribution in [0.2, 0.25) is 5.02 Å². The molecule has 5 nitrogen and oxygen atoms in total. The highest BCUT2D eigenvalue weighted by atomic mass is 35.5. The minimum absolute atomic E-state index is 0.0308. The molecule has 1 aromatic carbocycles. The van der Waals surface area contributed by atoms with E-state index in [0.717, 1.165) is 5.56 Å². The first-order valence-corrected chi connectivity index (χ1v) is 8.79. The van der Waals surface area contributed by atoms with Crippen molar-refractivity contribution in [2.75, 3.05) is 18.1 Å². The van der Waals surface area contributed by atoms with E-state index in [2.05, 4.69) is 5.32 Å². The maximum atomic E-state index is 11.9. The molecule has 0 aliphatic carbocycles. The fourth-order valence-corrected chi connectivity index (χ4v) is 4.61. The molecule has 1 atom stereocenters. The van der Waals surface area contributed by atoms with Gasteiger partial charge in [-0.1, -0.05) is 17.7 Å². The molecule has 1 aliphatic heterocycles. The van der Waals surface area contributed by atoms with Gasteiger partial charge in [-0.2, -0.15) is 0 Å². The third-order valence-electron chi connectivity index (χ3n) is 3.39. The lowest BCUT2D eigenvalue weighted by Crippen LogP contribution is -2.48. The number of hydrogen-bond donors (Lipinski definition) is 1. The Balaban J connectivity index is 1.92. The van der Waals surface area contributed by atoms with Crippen LogP contribution in [0.1, 0.15) is 18.9 Å². The van der Waals surface area contributed by atoms with E-state index in [1.165, 1.54) is 0 Å². The third-order valence-corrected chi connectivity index (χ3v) is 5.61. The molecule has 1 aromatic rings. The van der Waals surface area contributed by atoms with E-state index >= 15 is 0 Å². The van der Waals surface area contributed by atoms with Crippen LogP contribution in [0, 0.1) is 6.92 Å². The molecule has 0 saturated carbocycles. The Hall–Kier alpha value is -1.27. The third kappa shape index (κ3) is 4.35. The van der Waals surface area contributed by atoms with Gasteiger partial charge in [0.2, 0.25) is 0 Å². The molecule has 2 rings (SSSR count). The Morgan fingerprint density at radius 1 is 1.48 bits per heavy atom. The van der Waals surface area contributed by atoms with Crippen molar-refractivity contribution in [3.05, 3.63) is 28.8 Å². The number of aryl methyl sites for hydroxylation is 1. The van der Waals surface area contributed by atoms with E-state index in [1.54, 1.807) is 19.1 Å². The van der Waals surface area contributed by atoms with Crippen LogP contribution in [0.5, 0.6) is 5.75 Å². The van der Waals surface area contributed by atoms with Crippen LogP contribution in [-0.2, 0) is 14.6 Å². The zero-order valence-corrected chi connectivity index (χ0v) is 13.6. The Bertz CT molecular complexity index is 659. The Morgan fingerprint density at radius 2 is 2.19 bits per heavy atom. The highest BCUT2D eigenvalue weighted by molar-refractivity contribution is 7.91. The molecule has 1 N–H and O–H groups in total. The summed E-state index contributed by atoms with van der Waals surface area (Å²) in [4.78, 5) is 11.9. The lowest BCUT2D eigenvalue weighted by molar-refractivity contribution is -0.124. The first-order valence-electron chi connectivity index (χ1n) is 6.60. The van der Waals surface area contributed by atoms with Crippen LogP contribution in [0.15, 0.2) is 18.2 Å². The summed E-state index contributed by atoms with van der Waals surface area (Å²) in [5.41, 5.74) is 0.263. The average Bonchev–Trinajstić information content (AvgIpc) is 2.64. The Morgan fingerprint density at radius 3 is 2.81 bits per heavy atom. The minimum atomic E-state index is -3.06. The second kappa shape index (κ2) is 5.85. The van der Waals surface area contributed by atoms with Crippen LogP contribution in [0.4, 0.5) is 0 Å². The summed E-state index contributed by atoms with van der Waals surface area (Å²) >= 11 is 5.98. The molecule has 1 heterocycles. The molecule has 0 aromatic heterocycles. The van der Waals surface area contributed by atoms with Gasteiger partial charge in [0.1, 0.15) is 5.75 Å². The van der Waals surface area contributed by atoms with Crippen molar-refractivity contribution in [2.45, 2.75) is 25.8 Å². The number of halogens is 1. The highest BCUT2D eigenvalue weighted by Crippen LogP contribution is 2.25. The van der Waals surface area contributed by atoms with Gasteiger partial charge in [-0.15, -0.1) is 0 Å². The number of ether oxygens (including phenoxy) is 1. The number of carbonyl (C=O) groups excluding carboxylic acids is 1. The van der Waals surface area contributed by atoms with E-state index < -0.39 is 15.4 Å². The van der Waals surface area contributed by atoms with Crippen LogP contribution in [0.3, 0.4) is 0 Å². The molecule has 116 valence electrons. The first-order chi connectivity index (χ1) is 9.69. The molecule has 21 heavy (non-hydrogen) atoms. The number of carbonyl (C=O) groups is 1. The highest BCUT2D eigenvalue weighted by Gasteiger charge is 2.39. The Kier molecular flexibility index (Phi) is 4.49. The zero-order valence-electron chi connectivity index (χ0n) is 12.0. The number of amides is 1. The van der Waals surface area contributed by atoms with Gasteiger partial charge in [0, 0.05) is 0 Å². The van der Waals surface area contributed by atoms with E-state index in [9.17, 15) is 13.2 Å². The van der Waals surface area contributed by atoms with E-state index in [-0.39, 0.29) is 24.0 Å². The van der Waals surface area contributed by atoms with Crippen LogP contribution < -0.4 is 10.1 Å². The topological polar surface area (TPSA) is 72.5 Å². The molecule has 1 aliphatic rings. The molecule has 7 heteroatoms. The molecular weight excluding hydrogens is 314 g/mol. The number of rotatable bonds is 4. The van der Waals surface area contributed by atoms with Gasteiger partial charge in [-0.25, -0.2) is 8.42 Å². The molecule has 1 unspecified atom stereocenters. The lowest BCUT2D eigenvalue weighted by Gasteiger charge is -2.23. The minimum Gasteiger partial charge on any atom is -0.482 e. The molecule has 1 amide bonds. The van der Waals surface area contributed by atoms with E-state index in [1.807, 2.05) is 13.0 Å². The summed E-state index contributed by atoms with van der Waals surface area (Å²) in [5, 5.41) is 3.16. The van der Waals surface area contributed by atoms with Crippen molar-refractivity contribution < 1.29 is 17.9 Å². The van der Waals surface area contributed by atoms with E-state index in [4.69, 9.17) is 16.3 Å². The van der Waals surface area contributed by atoms with Gasteiger partial charge in [0.05, 0.1) is 22.1 Å². The summed E-state index contributed by atoms with van der Waals surface area (Å²) in [7, 11) is -3.06. The predicted octanol–water partition coefficient (Wildman–Crippen LogP) is 1.72. The second-order valence-corrected chi connectivity index (χ2v) is 8.26. The lowest BCUT2D eigenvalue weighted by atomic mass is 10.0. The van der Waals surface area contributed by atoms with Crippen molar-refractivity contribution in [3.8, 4) is 5.75 Å². The quantitative estimate of drug-likeness (QED) is 0.911. The van der Waals surface area contributed by atoms with Crippen LogP contribution in [0.25, 0.3) is 0 Å². The summed E-state index contributed by atoms with van der Waals surface area (Å²) in [6, 6.07) is 5.30.